The molecule has 0 radical (unpaired) electrons. The standard InChI is InChI=1S/C27H34N2O5/c1-4-27(5-2,25(31)32)29-24(30)18(3)11-10-16-28-26(33)34-17-23-21-14-8-6-12-19(21)20-13-7-9-15-22(20)23/h6-9,12-15,18,23H,4-5,10-11,16-17H2,1-3H3,(H,28,33)(H,29,30)(H,31,32). The third-order valence-electron chi connectivity index (χ3n) is 6.85. The minimum atomic E-state index is -1.23. The Bertz CT molecular complexity index is 986. The van der Waals surface area contributed by atoms with Crippen LogP contribution in [0.1, 0.15) is 63.5 Å². The molecule has 3 rings (SSSR count). The van der Waals surface area contributed by atoms with Gasteiger partial charge in [0.1, 0.15) is 12.1 Å². The fourth-order valence-corrected chi connectivity index (χ4v) is 4.52. The molecule has 2 aromatic carbocycles. The van der Waals surface area contributed by atoms with Crippen LogP contribution in [0.4, 0.5) is 4.79 Å². The minimum absolute atomic E-state index is 0.00787. The average Bonchev–Trinajstić information content (AvgIpc) is 3.17. The number of carboxylic acids is 1. The van der Waals surface area contributed by atoms with Crippen LogP contribution in [0.25, 0.3) is 11.1 Å². The van der Waals surface area contributed by atoms with Gasteiger partial charge in [0.05, 0.1) is 0 Å². The van der Waals surface area contributed by atoms with E-state index in [-0.39, 0.29) is 24.3 Å². The lowest BCUT2D eigenvalue weighted by molar-refractivity contribution is -0.148. The Kier molecular flexibility index (Phi) is 8.31. The topological polar surface area (TPSA) is 105 Å². The van der Waals surface area contributed by atoms with E-state index < -0.39 is 17.6 Å². The van der Waals surface area contributed by atoms with Gasteiger partial charge >= 0.3 is 12.1 Å². The van der Waals surface area contributed by atoms with Gasteiger partial charge in [-0.2, -0.15) is 0 Å². The molecule has 1 atom stereocenters. The quantitative estimate of drug-likeness (QED) is 0.416. The van der Waals surface area contributed by atoms with E-state index in [1.807, 2.05) is 24.3 Å². The number of ether oxygens (including phenoxy) is 1. The van der Waals surface area contributed by atoms with Crippen molar-refractivity contribution in [2.24, 2.45) is 5.92 Å². The van der Waals surface area contributed by atoms with Crippen LogP contribution in [-0.2, 0) is 14.3 Å². The fourth-order valence-electron chi connectivity index (χ4n) is 4.52. The monoisotopic (exact) mass is 466 g/mol. The number of carbonyl (C=O) groups excluding carboxylic acids is 2. The van der Waals surface area contributed by atoms with Gasteiger partial charge in [-0.05, 0) is 47.9 Å². The second-order valence-corrected chi connectivity index (χ2v) is 8.88. The Morgan fingerprint density at radius 2 is 1.56 bits per heavy atom. The highest BCUT2D eigenvalue weighted by molar-refractivity contribution is 5.87. The van der Waals surface area contributed by atoms with E-state index in [9.17, 15) is 19.5 Å². The minimum Gasteiger partial charge on any atom is -0.480 e. The Hall–Kier alpha value is -3.35. The first-order valence-corrected chi connectivity index (χ1v) is 12.0. The van der Waals surface area contributed by atoms with Gasteiger partial charge in [-0.3, -0.25) is 4.79 Å². The lowest BCUT2D eigenvalue weighted by atomic mass is 9.91. The Labute approximate surface area is 200 Å². The van der Waals surface area contributed by atoms with E-state index in [1.165, 1.54) is 11.1 Å². The largest absolute Gasteiger partial charge is 0.480 e. The lowest BCUT2D eigenvalue weighted by Gasteiger charge is -2.29. The van der Waals surface area contributed by atoms with Crippen LogP contribution < -0.4 is 10.6 Å². The van der Waals surface area contributed by atoms with Crippen LogP contribution in [0.5, 0.6) is 0 Å². The van der Waals surface area contributed by atoms with Gasteiger partial charge in [0.25, 0.3) is 0 Å². The van der Waals surface area contributed by atoms with E-state index in [1.54, 1.807) is 20.8 Å². The Morgan fingerprint density at radius 1 is 1.00 bits per heavy atom. The highest BCUT2D eigenvalue weighted by atomic mass is 16.5. The summed E-state index contributed by atoms with van der Waals surface area (Å²) in [7, 11) is 0. The smallest absolute Gasteiger partial charge is 0.407 e. The lowest BCUT2D eigenvalue weighted by Crippen LogP contribution is -2.55. The van der Waals surface area contributed by atoms with Gasteiger partial charge in [0, 0.05) is 18.4 Å². The molecule has 7 heteroatoms. The maximum Gasteiger partial charge on any atom is 0.407 e. The van der Waals surface area contributed by atoms with Gasteiger partial charge in [0.2, 0.25) is 5.91 Å². The summed E-state index contributed by atoms with van der Waals surface area (Å²) in [6, 6.07) is 16.3. The van der Waals surface area contributed by atoms with Crippen molar-refractivity contribution in [3.05, 3.63) is 59.7 Å². The second kappa shape index (κ2) is 11.2. The van der Waals surface area contributed by atoms with E-state index in [0.29, 0.717) is 32.2 Å². The van der Waals surface area contributed by atoms with Crippen LogP contribution in [0, 0.1) is 5.92 Å². The summed E-state index contributed by atoms with van der Waals surface area (Å²) in [5.41, 5.74) is 3.45. The number of hydrogen-bond donors (Lipinski definition) is 3. The third-order valence-corrected chi connectivity index (χ3v) is 6.85. The van der Waals surface area contributed by atoms with Gasteiger partial charge in [-0.1, -0.05) is 69.3 Å². The zero-order valence-corrected chi connectivity index (χ0v) is 20.1. The van der Waals surface area contributed by atoms with E-state index >= 15 is 0 Å². The van der Waals surface area contributed by atoms with Crippen molar-refractivity contribution in [3.63, 3.8) is 0 Å². The zero-order valence-electron chi connectivity index (χ0n) is 20.1. The number of benzene rings is 2. The molecule has 0 saturated heterocycles. The third kappa shape index (κ3) is 5.41. The molecule has 3 N–H and O–H groups in total. The molecular formula is C27H34N2O5. The number of fused-ring (bicyclic) bond motifs is 3. The maximum absolute atomic E-state index is 12.5. The summed E-state index contributed by atoms with van der Waals surface area (Å²) in [5, 5.41) is 14.9. The molecule has 1 aliphatic carbocycles. The van der Waals surface area contributed by atoms with Gasteiger partial charge in [-0.15, -0.1) is 0 Å². The summed E-state index contributed by atoms with van der Waals surface area (Å²) < 4.78 is 5.52. The van der Waals surface area contributed by atoms with Crippen LogP contribution in [0.3, 0.4) is 0 Å². The van der Waals surface area contributed by atoms with Crippen molar-refractivity contribution in [3.8, 4) is 11.1 Å². The Balaban J connectivity index is 1.43. The number of rotatable bonds is 11. The number of hydrogen-bond acceptors (Lipinski definition) is 4. The molecule has 0 heterocycles. The number of carboxylic acid groups (broad SMARTS) is 1. The molecule has 1 unspecified atom stereocenters. The number of aliphatic carboxylic acids is 1. The van der Waals surface area contributed by atoms with E-state index in [0.717, 1.165) is 11.1 Å². The number of amides is 2. The first-order valence-electron chi connectivity index (χ1n) is 12.0. The first kappa shape index (κ1) is 25.3. The predicted octanol–water partition coefficient (Wildman–Crippen LogP) is 4.70. The summed E-state index contributed by atoms with van der Waals surface area (Å²) in [6.45, 7) is 5.90. The molecule has 0 spiro atoms. The molecule has 34 heavy (non-hydrogen) atoms. The predicted molar refractivity (Wildman–Crippen MR) is 131 cm³/mol. The molecule has 0 fully saturated rings. The average molecular weight is 467 g/mol. The van der Waals surface area contributed by atoms with E-state index in [2.05, 4.69) is 34.9 Å². The Morgan fingerprint density at radius 3 is 2.09 bits per heavy atom. The van der Waals surface area contributed by atoms with Crippen molar-refractivity contribution < 1.29 is 24.2 Å². The van der Waals surface area contributed by atoms with Crippen molar-refractivity contribution in [2.45, 2.75) is 57.9 Å². The molecule has 0 saturated carbocycles. The summed E-state index contributed by atoms with van der Waals surface area (Å²) in [5.74, 6) is -1.66. The van der Waals surface area contributed by atoms with Gasteiger partial charge < -0.3 is 20.5 Å². The van der Waals surface area contributed by atoms with Crippen LogP contribution in [0.2, 0.25) is 0 Å². The number of nitrogens with one attached hydrogen (secondary N) is 2. The maximum atomic E-state index is 12.5. The molecule has 0 aromatic heterocycles. The molecule has 1 aliphatic rings. The van der Waals surface area contributed by atoms with E-state index in [4.69, 9.17) is 4.74 Å². The zero-order chi connectivity index (χ0) is 24.7. The van der Waals surface area contributed by atoms with Crippen molar-refractivity contribution >= 4 is 18.0 Å². The summed E-state index contributed by atoms with van der Waals surface area (Å²) in [4.78, 5) is 36.3. The molecule has 2 aromatic rings. The number of alkyl carbamates (subject to hydrolysis) is 1. The van der Waals surface area contributed by atoms with Crippen LogP contribution in [-0.4, -0.2) is 41.8 Å². The SMILES string of the molecule is CCC(CC)(NC(=O)C(C)CCCNC(=O)OCC1c2ccccc2-c2ccccc21)C(=O)O. The highest BCUT2D eigenvalue weighted by Gasteiger charge is 2.37. The highest BCUT2D eigenvalue weighted by Crippen LogP contribution is 2.44. The molecule has 2 amide bonds. The van der Waals surface area contributed by atoms with Crippen molar-refractivity contribution in [2.75, 3.05) is 13.2 Å². The van der Waals surface area contributed by atoms with Crippen molar-refractivity contribution in [1.29, 1.82) is 0 Å². The number of carbonyl (C=O) groups is 3. The van der Waals surface area contributed by atoms with Gasteiger partial charge in [0.15, 0.2) is 0 Å². The summed E-state index contributed by atoms with van der Waals surface area (Å²) >= 11 is 0. The second-order valence-electron chi connectivity index (χ2n) is 8.88. The molecule has 7 nitrogen and oxygen atoms in total. The first-order chi connectivity index (χ1) is 16.3. The normalized spacial score (nSPS) is 13.5. The fraction of sp³-hybridized carbons (Fsp3) is 0.444. The molecule has 0 bridgehead atoms. The summed E-state index contributed by atoms with van der Waals surface area (Å²) in [6.07, 6.45) is 1.26. The molecule has 0 aliphatic heterocycles. The molecule has 182 valence electrons. The van der Waals surface area contributed by atoms with Gasteiger partial charge in [-0.25, -0.2) is 9.59 Å². The van der Waals surface area contributed by atoms with Crippen LogP contribution >= 0.6 is 0 Å². The molecular weight excluding hydrogens is 432 g/mol. The van der Waals surface area contributed by atoms with Crippen LogP contribution in [0.15, 0.2) is 48.5 Å². The van der Waals surface area contributed by atoms with Crippen molar-refractivity contribution in [1.82, 2.24) is 10.6 Å².